The number of aromatic nitrogens is 1. The topological polar surface area (TPSA) is 80.3 Å². The molecular weight excluding hydrogens is 330 g/mol. The predicted octanol–water partition coefficient (Wildman–Crippen LogP) is 2.49. The first-order valence-electron chi connectivity index (χ1n) is 7.47. The van der Waals surface area contributed by atoms with Crippen LogP contribution in [0, 0.1) is 0 Å². The number of rotatable bonds is 3. The molecule has 0 bridgehead atoms. The molecule has 3 rings (SSSR count). The summed E-state index contributed by atoms with van der Waals surface area (Å²) in [4.78, 5) is 28.2. The molecular formula is C17H16ClN3O3. The average Bonchev–Trinajstić information content (AvgIpc) is 2.97. The van der Waals surface area contributed by atoms with Crippen molar-refractivity contribution in [1.82, 2.24) is 10.3 Å². The maximum Gasteiger partial charge on any atom is 0.313 e. The number of halogens is 1. The molecule has 2 N–H and O–H groups in total. The Balaban J connectivity index is 1.67. The van der Waals surface area contributed by atoms with E-state index >= 15 is 0 Å². The van der Waals surface area contributed by atoms with E-state index in [0.29, 0.717) is 10.7 Å². The van der Waals surface area contributed by atoms with Gasteiger partial charge in [0, 0.05) is 11.2 Å². The largest absolute Gasteiger partial charge is 0.480 e. The molecule has 24 heavy (non-hydrogen) atoms. The molecule has 0 unspecified atom stereocenters. The molecule has 7 heteroatoms. The third kappa shape index (κ3) is 3.33. The van der Waals surface area contributed by atoms with Crippen LogP contribution in [0.3, 0.4) is 0 Å². The van der Waals surface area contributed by atoms with Crippen LogP contribution >= 0.6 is 11.6 Å². The van der Waals surface area contributed by atoms with Gasteiger partial charge in [0.2, 0.25) is 5.88 Å². The Labute approximate surface area is 144 Å². The number of fused-ring (bicyclic) bond motifs is 1. The normalized spacial score (nSPS) is 15.5. The molecule has 2 amide bonds. The van der Waals surface area contributed by atoms with E-state index in [9.17, 15) is 9.59 Å². The summed E-state index contributed by atoms with van der Waals surface area (Å²) < 4.78 is 5.05. The molecule has 1 aliphatic rings. The van der Waals surface area contributed by atoms with Gasteiger partial charge in [-0.25, -0.2) is 4.98 Å². The van der Waals surface area contributed by atoms with E-state index in [1.807, 2.05) is 12.1 Å². The van der Waals surface area contributed by atoms with Gasteiger partial charge in [-0.15, -0.1) is 0 Å². The number of methoxy groups -OCH3 is 1. The van der Waals surface area contributed by atoms with Crippen molar-refractivity contribution in [1.29, 1.82) is 0 Å². The van der Waals surface area contributed by atoms with E-state index in [4.69, 9.17) is 16.3 Å². The zero-order valence-corrected chi connectivity index (χ0v) is 13.8. The Morgan fingerprint density at radius 3 is 2.92 bits per heavy atom. The van der Waals surface area contributed by atoms with E-state index in [-0.39, 0.29) is 11.9 Å². The predicted molar refractivity (Wildman–Crippen MR) is 90.1 cm³/mol. The Kier molecular flexibility index (Phi) is 4.66. The number of nitrogens with one attached hydrogen (secondary N) is 2. The minimum Gasteiger partial charge on any atom is -0.480 e. The molecule has 0 saturated heterocycles. The zero-order chi connectivity index (χ0) is 17.1. The van der Waals surface area contributed by atoms with Crippen molar-refractivity contribution in [2.24, 2.45) is 0 Å². The highest BCUT2D eigenvalue weighted by atomic mass is 35.5. The van der Waals surface area contributed by atoms with Crippen LogP contribution in [-0.4, -0.2) is 23.9 Å². The second-order valence-electron chi connectivity index (χ2n) is 5.42. The number of hydrogen-bond donors (Lipinski definition) is 2. The van der Waals surface area contributed by atoms with Crippen molar-refractivity contribution in [3.63, 3.8) is 0 Å². The summed E-state index contributed by atoms with van der Waals surface area (Å²) >= 11 is 5.98. The van der Waals surface area contributed by atoms with Gasteiger partial charge >= 0.3 is 11.8 Å². The molecule has 124 valence electrons. The number of hydrogen-bond acceptors (Lipinski definition) is 4. The van der Waals surface area contributed by atoms with Crippen LogP contribution in [-0.2, 0) is 16.0 Å². The summed E-state index contributed by atoms with van der Waals surface area (Å²) in [5, 5.41) is 5.93. The quantitative estimate of drug-likeness (QED) is 0.837. The van der Waals surface area contributed by atoms with Gasteiger partial charge in [-0.05, 0) is 48.2 Å². The van der Waals surface area contributed by atoms with Gasteiger partial charge < -0.3 is 15.4 Å². The highest BCUT2D eigenvalue weighted by Crippen LogP contribution is 2.32. The lowest BCUT2D eigenvalue weighted by Gasteiger charge is -2.14. The van der Waals surface area contributed by atoms with Crippen LogP contribution in [0.4, 0.5) is 5.69 Å². The first kappa shape index (κ1) is 16.3. The highest BCUT2D eigenvalue weighted by Gasteiger charge is 2.26. The van der Waals surface area contributed by atoms with Crippen molar-refractivity contribution in [3.8, 4) is 5.88 Å². The summed E-state index contributed by atoms with van der Waals surface area (Å²) in [6, 6.07) is 8.63. The van der Waals surface area contributed by atoms with Gasteiger partial charge in [-0.2, -0.15) is 0 Å². The van der Waals surface area contributed by atoms with Crippen LogP contribution in [0.5, 0.6) is 5.88 Å². The highest BCUT2D eigenvalue weighted by molar-refractivity contribution is 6.39. The summed E-state index contributed by atoms with van der Waals surface area (Å²) in [5.74, 6) is -1.21. The van der Waals surface area contributed by atoms with Crippen molar-refractivity contribution in [2.45, 2.75) is 18.9 Å². The molecule has 0 spiro atoms. The third-order valence-corrected chi connectivity index (χ3v) is 4.14. The van der Waals surface area contributed by atoms with Crippen molar-refractivity contribution in [2.75, 3.05) is 12.4 Å². The smallest absolute Gasteiger partial charge is 0.313 e. The number of aryl methyl sites for hydroxylation is 1. The molecule has 2 aromatic rings. The van der Waals surface area contributed by atoms with Gasteiger partial charge in [0.05, 0.1) is 13.2 Å². The molecule has 0 saturated carbocycles. The Bertz CT molecular complexity index is 794. The second-order valence-corrected chi connectivity index (χ2v) is 5.86. The third-order valence-electron chi connectivity index (χ3n) is 3.91. The molecule has 1 atom stereocenters. The summed E-state index contributed by atoms with van der Waals surface area (Å²) in [5.41, 5.74) is 2.44. The summed E-state index contributed by atoms with van der Waals surface area (Å²) in [7, 11) is 1.44. The molecule has 1 aromatic carbocycles. The summed E-state index contributed by atoms with van der Waals surface area (Å²) in [6.07, 6.45) is 3.10. The van der Waals surface area contributed by atoms with E-state index in [2.05, 4.69) is 15.6 Å². The minimum atomic E-state index is -0.760. The van der Waals surface area contributed by atoms with Gasteiger partial charge in [-0.3, -0.25) is 9.59 Å². The Morgan fingerprint density at radius 1 is 1.29 bits per heavy atom. The lowest BCUT2D eigenvalue weighted by molar-refractivity contribution is -0.136. The van der Waals surface area contributed by atoms with Crippen LogP contribution in [0.1, 0.15) is 23.6 Å². The summed E-state index contributed by atoms with van der Waals surface area (Å²) in [6.45, 7) is 0. The van der Waals surface area contributed by atoms with E-state index in [1.165, 1.54) is 13.3 Å². The number of anilines is 1. The number of carbonyl (C=O) groups is 2. The number of nitrogens with zero attached hydrogens (tertiary/aromatic N) is 1. The maximum absolute atomic E-state index is 12.2. The van der Waals surface area contributed by atoms with Gasteiger partial charge in [0.15, 0.2) is 0 Å². The average molecular weight is 346 g/mol. The Morgan fingerprint density at radius 2 is 2.12 bits per heavy atom. The minimum absolute atomic E-state index is 0.189. The van der Waals surface area contributed by atoms with Gasteiger partial charge in [0.25, 0.3) is 0 Å². The molecule has 0 fully saturated rings. The zero-order valence-electron chi connectivity index (χ0n) is 13.0. The fourth-order valence-corrected chi connectivity index (χ4v) is 2.98. The standard InChI is InChI=1S/C17H16ClN3O3/c1-24-17-14(3-2-8-19-17)21-16(23)15(22)20-13-7-4-10-9-11(18)5-6-12(10)13/h2-3,5-6,8-9,13H,4,7H2,1H3,(H,20,22)(H,21,23)/t13-/m0/s1. The van der Waals surface area contributed by atoms with Crippen LogP contribution in [0.15, 0.2) is 36.5 Å². The Hall–Kier alpha value is -2.60. The molecule has 1 aliphatic carbocycles. The second kappa shape index (κ2) is 6.88. The molecule has 6 nitrogen and oxygen atoms in total. The first-order valence-corrected chi connectivity index (χ1v) is 7.85. The van der Waals surface area contributed by atoms with Crippen LogP contribution in [0.25, 0.3) is 0 Å². The number of pyridine rings is 1. The van der Waals surface area contributed by atoms with Crippen molar-refractivity contribution in [3.05, 3.63) is 52.7 Å². The first-order chi connectivity index (χ1) is 11.6. The lowest BCUT2D eigenvalue weighted by Crippen LogP contribution is -2.37. The fraction of sp³-hybridized carbons (Fsp3) is 0.235. The molecule has 1 aromatic heterocycles. The SMILES string of the molecule is COc1ncccc1NC(=O)C(=O)N[C@H]1CCc2cc(Cl)ccc21. The van der Waals surface area contributed by atoms with Crippen LogP contribution < -0.4 is 15.4 Å². The van der Waals surface area contributed by atoms with E-state index in [1.54, 1.807) is 18.2 Å². The number of ether oxygens (including phenoxy) is 1. The molecule has 1 heterocycles. The van der Waals surface area contributed by atoms with Crippen LogP contribution in [0.2, 0.25) is 5.02 Å². The molecule has 0 aliphatic heterocycles. The fourth-order valence-electron chi connectivity index (χ4n) is 2.79. The van der Waals surface area contributed by atoms with Gasteiger partial charge in [-0.1, -0.05) is 17.7 Å². The number of benzene rings is 1. The van der Waals surface area contributed by atoms with E-state index < -0.39 is 11.8 Å². The number of amides is 2. The maximum atomic E-state index is 12.2. The van der Waals surface area contributed by atoms with Gasteiger partial charge in [0.1, 0.15) is 5.69 Å². The van der Waals surface area contributed by atoms with Crippen molar-refractivity contribution < 1.29 is 14.3 Å². The monoisotopic (exact) mass is 345 g/mol. The lowest BCUT2D eigenvalue weighted by atomic mass is 10.1. The van der Waals surface area contributed by atoms with E-state index in [0.717, 1.165) is 24.0 Å². The van der Waals surface area contributed by atoms with Crippen molar-refractivity contribution >= 4 is 29.1 Å². The molecule has 0 radical (unpaired) electrons. The number of carbonyl (C=O) groups excluding carboxylic acids is 2.